The van der Waals surface area contributed by atoms with E-state index < -0.39 is 0 Å². The maximum atomic E-state index is 6.69. The van der Waals surface area contributed by atoms with Crippen LogP contribution in [-0.4, -0.2) is 111 Å². The molecule has 2 heterocycles. The maximum Gasteiger partial charge on any atom is 0.142 e. The van der Waals surface area contributed by atoms with Crippen molar-refractivity contribution in [3.63, 3.8) is 0 Å². The first-order valence-corrected chi connectivity index (χ1v) is 15.3. The third kappa shape index (κ3) is 9.30. The number of fused-ring (bicyclic) bond motifs is 1. The molecule has 2 aliphatic heterocycles. The molecule has 0 aromatic heterocycles. The fraction of sp³-hybridized carbons (Fsp3) is 0.636. The third-order valence-corrected chi connectivity index (χ3v) is 8.18. The van der Waals surface area contributed by atoms with E-state index in [9.17, 15) is 0 Å². The lowest BCUT2D eigenvalue weighted by molar-refractivity contribution is -0.0676. The summed E-state index contributed by atoms with van der Waals surface area (Å²) in [5.74, 6) is 1.90. The number of anilines is 1. The Morgan fingerprint density at radius 1 is 0.952 bits per heavy atom. The summed E-state index contributed by atoms with van der Waals surface area (Å²) in [6.45, 7) is 9.53. The van der Waals surface area contributed by atoms with Gasteiger partial charge in [0.2, 0.25) is 0 Å². The Kier molecular flexibility index (Phi) is 13.2. The van der Waals surface area contributed by atoms with Gasteiger partial charge in [0.25, 0.3) is 0 Å². The summed E-state index contributed by atoms with van der Waals surface area (Å²) in [5.41, 5.74) is 3.48. The molecular weight excluding hydrogens is 534 g/mol. The van der Waals surface area contributed by atoms with Gasteiger partial charge >= 0.3 is 0 Å². The van der Waals surface area contributed by atoms with Gasteiger partial charge in [0.15, 0.2) is 0 Å². The molecule has 234 valence electrons. The molecular formula is C33H51N3O6. The summed E-state index contributed by atoms with van der Waals surface area (Å²) in [5, 5.41) is 3.57. The van der Waals surface area contributed by atoms with Crippen LogP contribution in [0.5, 0.6) is 11.5 Å². The number of hydrogen-bond acceptors (Lipinski definition) is 9. The van der Waals surface area contributed by atoms with Gasteiger partial charge in [0, 0.05) is 65.4 Å². The lowest BCUT2D eigenvalue weighted by Crippen LogP contribution is -2.51. The third-order valence-electron chi connectivity index (χ3n) is 8.18. The van der Waals surface area contributed by atoms with Gasteiger partial charge in [-0.15, -0.1) is 0 Å². The highest BCUT2D eigenvalue weighted by molar-refractivity contribution is 5.61. The Morgan fingerprint density at radius 2 is 1.69 bits per heavy atom. The molecule has 1 saturated heterocycles. The van der Waals surface area contributed by atoms with Crippen molar-refractivity contribution in [3.8, 4) is 11.5 Å². The van der Waals surface area contributed by atoms with Gasteiger partial charge in [-0.3, -0.25) is 0 Å². The van der Waals surface area contributed by atoms with Crippen molar-refractivity contribution in [2.24, 2.45) is 0 Å². The lowest BCUT2D eigenvalue weighted by atomic mass is 9.85. The molecule has 9 heteroatoms. The molecule has 1 N–H and O–H groups in total. The SMILES string of the molecule is COCCCOc1ccc([C@@H]2[C@@H](OCc3ccc4c(c3)N(CCCOC)CCO4)CNC[C@H]2OCC(C)N(C)C)cc1. The zero-order chi connectivity index (χ0) is 29.7. The largest absolute Gasteiger partial charge is 0.494 e. The van der Waals surface area contributed by atoms with Gasteiger partial charge in [-0.2, -0.15) is 0 Å². The van der Waals surface area contributed by atoms with Crippen molar-refractivity contribution >= 4 is 5.69 Å². The molecule has 0 saturated carbocycles. The Hall–Kier alpha value is -2.40. The van der Waals surface area contributed by atoms with Gasteiger partial charge in [-0.05, 0) is 62.8 Å². The molecule has 1 unspecified atom stereocenters. The standard InChI is InChI=1S/C33H51N3O6/c1-25(35(2)3)23-41-31-21-34-22-32(33(31)27-9-11-28(12-10-27)39-18-7-17-38-5)42-24-26-8-13-30-29(20-26)36(15-19-40-30)14-6-16-37-4/h8-13,20,25,31-34H,6-7,14-19,21-24H2,1-5H3/t25?,31-,32+,33+/m1/s1. The number of piperidine rings is 1. The van der Waals surface area contributed by atoms with Gasteiger partial charge in [0.05, 0.1) is 44.3 Å². The molecule has 2 aliphatic rings. The van der Waals surface area contributed by atoms with Crippen LogP contribution in [0.25, 0.3) is 0 Å². The fourth-order valence-electron chi connectivity index (χ4n) is 5.45. The van der Waals surface area contributed by atoms with Crippen LogP contribution >= 0.6 is 0 Å². The van der Waals surface area contributed by atoms with Crippen LogP contribution in [-0.2, 0) is 25.6 Å². The first-order chi connectivity index (χ1) is 20.5. The van der Waals surface area contributed by atoms with E-state index in [-0.39, 0.29) is 18.1 Å². The van der Waals surface area contributed by atoms with E-state index in [1.165, 1.54) is 5.56 Å². The average Bonchev–Trinajstić information content (AvgIpc) is 3.01. The van der Waals surface area contributed by atoms with Gasteiger partial charge in [-0.1, -0.05) is 18.2 Å². The highest BCUT2D eigenvalue weighted by atomic mass is 16.5. The predicted molar refractivity (Wildman–Crippen MR) is 166 cm³/mol. The van der Waals surface area contributed by atoms with E-state index in [1.54, 1.807) is 14.2 Å². The number of benzene rings is 2. The minimum absolute atomic E-state index is 0.00664. The number of hydrogen-bond donors (Lipinski definition) is 1. The minimum Gasteiger partial charge on any atom is -0.494 e. The second-order valence-electron chi connectivity index (χ2n) is 11.5. The van der Waals surface area contributed by atoms with E-state index in [0.29, 0.717) is 39.1 Å². The predicted octanol–water partition coefficient (Wildman–Crippen LogP) is 3.94. The molecule has 0 amide bonds. The maximum absolute atomic E-state index is 6.69. The van der Waals surface area contributed by atoms with E-state index >= 15 is 0 Å². The normalized spacial score (nSPS) is 21.2. The Labute approximate surface area is 252 Å². The smallest absolute Gasteiger partial charge is 0.142 e. The van der Waals surface area contributed by atoms with Crippen LogP contribution in [0.2, 0.25) is 0 Å². The van der Waals surface area contributed by atoms with Crippen molar-refractivity contribution in [2.75, 3.05) is 92.4 Å². The molecule has 1 fully saturated rings. The Morgan fingerprint density at radius 3 is 2.43 bits per heavy atom. The number of ether oxygens (including phenoxy) is 6. The van der Waals surface area contributed by atoms with Crippen LogP contribution in [0.1, 0.15) is 36.8 Å². The fourth-order valence-corrected chi connectivity index (χ4v) is 5.45. The van der Waals surface area contributed by atoms with Crippen molar-refractivity contribution in [1.82, 2.24) is 10.2 Å². The molecule has 0 radical (unpaired) electrons. The summed E-state index contributed by atoms with van der Waals surface area (Å²) in [6, 6.07) is 15.2. The first-order valence-electron chi connectivity index (χ1n) is 15.3. The van der Waals surface area contributed by atoms with Crippen molar-refractivity contribution < 1.29 is 28.4 Å². The molecule has 2 aromatic rings. The van der Waals surface area contributed by atoms with E-state index in [2.05, 4.69) is 78.6 Å². The molecule has 9 nitrogen and oxygen atoms in total. The van der Waals surface area contributed by atoms with Crippen LogP contribution in [0.15, 0.2) is 42.5 Å². The van der Waals surface area contributed by atoms with E-state index in [0.717, 1.165) is 68.4 Å². The molecule has 0 spiro atoms. The molecule has 0 bridgehead atoms. The average molecular weight is 586 g/mol. The van der Waals surface area contributed by atoms with Crippen LogP contribution < -0.4 is 19.7 Å². The lowest BCUT2D eigenvalue weighted by Gasteiger charge is -2.39. The van der Waals surface area contributed by atoms with Crippen molar-refractivity contribution in [3.05, 3.63) is 53.6 Å². The van der Waals surface area contributed by atoms with Crippen LogP contribution in [0.4, 0.5) is 5.69 Å². The second kappa shape index (κ2) is 17.0. The number of likely N-dealkylation sites (N-methyl/N-ethyl adjacent to an activating group) is 1. The zero-order valence-electron chi connectivity index (χ0n) is 26.2. The highest BCUT2D eigenvalue weighted by Crippen LogP contribution is 2.35. The van der Waals surface area contributed by atoms with Gasteiger partial charge in [0.1, 0.15) is 18.1 Å². The molecule has 0 aliphatic carbocycles. The van der Waals surface area contributed by atoms with E-state index in [4.69, 9.17) is 28.4 Å². The van der Waals surface area contributed by atoms with Gasteiger partial charge < -0.3 is 43.5 Å². The molecule has 42 heavy (non-hydrogen) atoms. The summed E-state index contributed by atoms with van der Waals surface area (Å²) < 4.78 is 35.5. The van der Waals surface area contributed by atoms with E-state index in [1.807, 2.05) is 0 Å². The number of methoxy groups -OCH3 is 2. The first kappa shape index (κ1) is 32.5. The van der Waals surface area contributed by atoms with Crippen molar-refractivity contribution in [1.29, 1.82) is 0 Å². The monoisotopic (exact) mass is 585 g/mol. The van der Waals surface area contributed by atoms with Gasteiger partial charge in [-0.25, -0.2) is 0 Å². The quantitative estimate of drug-likeness (QED) is 0.278. The molecule has 4 rings (SSSR count). The zero-order valence-corrected chi connectivity index (χ0v) is 26.2. The minimum atomic E-state index is -0.0445. The Bertz CT molecular complexity index is 1050. The molecule has 4 atom stereocenters. The Balaban J connectivity index is 1.47. The summed E-state index contributed by atoms with van der Waals surface area (Å²) >= 11 is 0. The number of rotatable bonds is 17. The number of nitrogens with zero attached hydrogens (tertiary/aromatic N) is 2. The van der Waals surface area contributed by atoms with Crippen LogP contribution in [0, 0.1) is 0 Å². The summed E-state index contributed by atoms with van der Waals surface area (Å²) in [7, 11) is 7.64. The summed E-state index contributed by atoms with van der Waals surface area (Å²) in [6.07, 6.45) is 1.80. The topological polar surface area (TPSA) is 73.9 Å². The molecule has 2 aromatic carbocycles. The van der Waals surface area contributed by atoms with Crippen molar-refractivity contribution in [2.45, 2.75) is 50.5 Å². The van der Waals surface area contributed by atoms with Crippen LogP contribution in [0.3, 0.4) is 0 Å². The highest BCUT2D eigenvalue weighted by Gasteiger charge is 2.36. The number of nitrogens with one attached hydrogen (secondary N) is 1. The summed E-state index contributed by atoms with van der Waals surface area (Å²) in [4.78, 5) is 4.58. The second-order valence-corrected chi connectivity index (χ2v) is 11.5.